The topological polar surface area (TPSA) is 57.8 Å². The third-order valence-electron chi connectivity index (χ3n) is 3.69. The van der Waals surface area contributed by atoms with E-state index in [0.29, 0.717) is 0 Å². The van der Waals surface area contributed by atoms with Crippen LogP contribution in [0.4, 0.5) is 5.69 Å². The molecule has 1 aromatic heterocycles. The Hall–Kier alpha value is -1.84. The highest BCUT2D eigenvalue weighted by molar-refractivity contribution is 5.94. The maximum absolute atomic E-state index is 12.1. The van der Waals surface area contributed by atoms with E-state index in [1.165, 1.54) is 19.3 Å². The first-order valence-electron chi connectivity index (χ1n) is 6.57. The summed E-state index contributed by atoms with van der Waals surface area (Å²) in [5.41, 5.74) is 1.80. The number of carbonyl (C=O) groups excluding carboxylic acids is 1. The first-order chi connectivity index (χ1) is 8.83. The van der Waals surface area contributed by atoms with Crippen molar-refractivity contribution >= 4 is 22.5 Å². The van der Waals surface area contributed by atoms with Crippen LogP contribution in [0.15, 0.2) is 24.4 Å². The molecule has 0 atom stereocenters. The minimum atomic E-state index is 0.161. The van der Waals surface area contributed by atoms with Crippen molar-refractivity contribution in [3.8, 4) is 0 Å². The van der Waals surface area contributed by atoms with Gasteiger partial charge in [-0.3, -0.25) is 9.89 Å². The van der Waals surface area contributed by atoms with Gasteiger partial charge in [-0.25, -0.2) is 0 Å². The minimum Gasteiger partial charge on any atom is -0.326 e. The Morgan fingerprint density at radius 2 is 2.11 bits per heavy atom. The van der Waals surface area contributed by atoms with E-state index in [1.54, 1.807) is 6.20 Å². The number of benzene rings is 1. The number of nitrogens with zero attached hydrogens (tertiary/aromatic N) is 1. The summed E-state index contributed by atoms with van der Waals surface area (Å²) in [7, 11) is 0. The average Bonchev–Trinajstić information content (AvgIpc) is 2.87. The van der Waals surface area contributed by atoms with Gasteiger partial charge in [-0.05, 0) is 31.0 Å². The van der Waals surface area contributed by atoms with E-state index in [2.05, 4.69) is 15.5 Å². The van der Waals surface area contributed by atoms with Crippen LogP contribution in [-0.4, -0.2) is 16.1 Å². The quantitative estimate of drug-likeness (QED) is 0.851. The predicted molar refractivity (Wildman–Crippen MR) is 71.3 cm³/mol. The predicted octanol–water partition coefficient (Wildman–Crippen LogP) is 3.08. The molecule has 1 fully saturated rings. The number of anilines is 1. The zero-order valence-electron chi connectivity index (χ0n) is 10.3. The summed E-state index contributed by atoms with van der Waals surface area (Å²) in [5.74, 6) is 0.352. The second-order valence-corrected chi connectivity index (χ2v) is 5.00. The molecule has 94 valence electrons. The van der Waals surface area contributed by atoms with Crippen molar-refractivity contribution < 1.29 is 4.79 Å². The molecule has 1 amide bonds. The third-order valence-corrected chi connectivity index (χ3v) is 3.69. The van der Waals surface area contributed by atoms with Crippen molar-refractivity contribution in [2.75, 3.05) is 5.32 Å². The average molecular weight is 243 g/mol. The number of fused-ring (bicyclic) bond motifs is 1. The molecule has 2 aromatic rings. The minimum absolute atomic E-state index is 0.161. The van der Waals surface area contributed by atoms with E-state index < -0.39 is 0 Å². The molecule has 1 aliphatic rings. The van der Waals surface area contributed by atoms with Gasteiger partial charge in [0, 0.05) is 17.0 Å². The smallest absolute Gasteiger partial charge is 0.227 e. The lowest BCUT2D eigenvalue weighted by atomic mass is 9.88. The Morgan fingerprint density at radius 1 is 1.28 bits per heavy atom. The van der Waals surface area contributed by atoms with Crippen LogP contribution in [0, 0.1) is 5.92 Å². The van der Waals surface area contributed by atoms with Crippen molar-refractivity contribution in [2.45, 2.75) is 32.1 Å². The molecule has 0 saturated heterocycles. The molecule has 4 heteroatoms. The van der Waals surface area contributed by atoms with Crippen molar-refractivity contribution in [1.82, 2.24) is 10.2 Å². The fourth-order valence-electron chi connectivity index (χ4n) is 2.62. The van der Waals surface area contributed by atoms with Crippen LogP contribution < -0.4 is 5.32 Å². The molecule has 0 spiro atoms. The lowest BCUT2D eigenvalue weighted by molar-refractivity contribution is -0.120. The molecular formula is C14H17N3O. The highest BCUT2D eigenvalue weighted by Crippen LogP contribution is 2.25. The monoisotopic (exact) mass is 243 g/mol. The highest BCUT2D eigenvalue weighted by atomic mass is 16.1. The van der Waals surface area contributed by atoms with Gasteiger partial charge in [0.2, 0.25) is 5.91 Å². The first-order valence-corrected chi connectivity index (χ1v) is 6.57. The SMILES string of the molecule is O=C(Nc1ccc2cn[nH]c2c1)C1CCCCC1. The van der Waals surface area contributed by atoms with Gasteiger partial charge < -0.3 is 5.32 Å². The molecule has 0 aliphatic heterocycles. The number of aromatic amines is 1. The van der Waals surface area contributed by atoms with E-state index in [0.717, 1.165) is 29.4 Å². The number of amides is 1. The summed E-state index contributed by atoms with van der Waals surface area (Å²) in [6, 6.07) is 5.83. The summed E-state index contributed by atoms with van der Waals surface area (Å²) in [6.45, 7) is 0. The van der Waals surface area contributed by atoms with E-state index >= 15 is 0 Å². The first kappa shape index (κ1) is 11.3. The molecular weight excluding hydrogens is 226 g/mol. The van der Waals surface area contributed by atoms with Crippen molar-refractivity contribution in [3.05, 3.63) is 24.4 Å². The Morgan fingerprint density at radius 3 is 2.94 bits per heavy atom. The number of H-pyrrole nitrogens is 1. The second-order valence-electron chi connectivity index (χ2n) is 5.00. The Bertz CT molecular complexity index is 555. The number of rotatable bonds is 2. The van der Waals surface area contributed by atoms with Crippen molar-refractivity contribution in [2.24, 2.45) is 5.92 Å². The fraction of sp³-hybridized carbons (Fsp3) is 0.429. The Balaban J connectivity index is 1.72. The maximum Gasteiger partial charge on any atom is 0.227 e. The molecule has 3 rings (SSSR count). The number of hydrogen-bond acceptors (Lipinski definition) is 2. The number of aromatic nitrogens is 2. The molecule has 1 heterocycles. The molecule has 2 N–H and O–H groups in total. The van der Waals surface area contributed by atoms with Crippen LogP contribution in [0.1, 0.15) is 32.1 Å². The second kappa shape index (κ2) is 4.80. The molecule has 1 aliphatic carbocycles. The fourth-order valence-corrected chi connectivity index (χ4v) is 2.62. The van der Waals surface area contributed by atoms with E-state index in [9.17, 15) is 4.79 Å². The van der Waals surface area contributed by atoms with Crippen LogP contribution in [0.3, 0.4) is 0 Å². The lowest BCUT2D eigenvalue weighted by Gasteiger charge is -2.20. The standard InChI is InChI=1S/C14H17N3O/c18-14(10-4-2-1-3-5-10)16-12-7-6-11-9-15-17-13(11)8-12/h6-10H,1-5H2,(H,15,17)(H,16,18). The zero-order valence-corrected chi connectivity index (χ0v) is 10.3. The van der Waals surface area contributed by atoms with Gasteiger partial charge >= 0.3 is 0 Å². The van der Waals surface area contributed by atoms with E-state index in [4.69, 9.17) is 0 Å². The maximum atomic E-state index is 12.1. The zero-order chi connectivity index (χ0) is 12.4. The molecule has 1 aromatic carbocycles. The van der Waals surface area contributed by atoms with Gasteiger partial charge in [0.05, 0.1) is 11.7 Å². The molecule has 4 nitrogen and oxygen atoms in total. The van der Waals surface area contributed by atoms with Crippen LogP contribution >= 0.6 is 0 Å². The normalized spacial score (nSPS) is 16.9. The van der Waals surface area contributed by atoms with Crippen LogP contribution in [0.5, 0.6) is 0 Å². The van der Waals surface area contributed by atoms with Gasteiger partial charge in [-0.2, -0.15) is 5.10 Å². The highest BCUT2D eigenvalue weighted by Gasteiger charge is 2.20. The number of hydrogen-bond donors (Lipinski definition) is 2. The Kier molecular flexibility index (Phi) is 3.00. The largest absolute Gasteiger partial charge is 0.326 e. The number of nitrogens with one attached hydrogen (secondary N) is 2. The summed E-state index contributed by atoms with van der Waals surface area (Å²) >= 11 is 0. The summed E-state index contributed by atoms with van der Waals surface area (Å²) in [6.07, 6.45) is 7.46. The molecule has 1 saturated carbocycles. The van der Waals surface area contributed by atoms with Crippen LogP contribution in [-0.2, 0) is 4.79 Å². The summed E-state index contributed by atoms with van der Waals surface area (Å²) in [4.78, 5) is 12.1. The van der Waals surface area contributed by atoms with E-state index in [1.807, 2.05) is 18.2 Å². The van der Waals surface area contributed by atoms with Gasteiger partial charge in [0.1, 0.15) is 0 Å². The van der Waals surface area contributed by atoms with Gasteiger partial charge in [-0.1, -0.05) is 19.3 Å². The summed E-state index contributed by atoms with van der Waals surface area (Å²) in [5, 5.41) is 11.0. The van der Waals surface area contributed by atoms with Gasteiger partial charge in [0.15, 0.2) is 0 Å². The molecule has 0 unspecified atom stereocenters. The van der Waals surface area contributed by atoms with Crippen molar-refractivity contribution in [3.63, 3.8) is 0 Å². The summed E-state index contributed by atoms with van der Waals surface area (Å²) < 4.78 is 0. The Labute approximate surface area is 106 Å². The van der Waals surface area contributed by atoms with Gasteiger partial charge in [0.25, 0.3) is 0 Å². The van der Waals surface area contributed by atoms with E-state index in [-0.39, 0.29) is 11.8 Å². The number of carbonyl (C=O) groups is 1. The molecule has 18 heavy (non-hydrogen) atoms. The van der Waals surface area contributed by atoms with Crippen LogP contribution in [0.2, 0.25) is 0 Å². The third kappa shape index (κ3) is 2.23. The van der Waals surface area contributed by atoms with Crippen LogP contribution in [0.25, 0.3) is 10.9 Å². The molecule has 0 bridgehead atoms. The molecule has 0 radical (unpaired) electrons. The van der Waals surface area contributed by atoms with Crippen molar-refractivity contribution in [1.29, 1.82) is 0 Å². The van der Waals surface area contributed by atoms with Gasteiger partial charge in [-0.15, -0.1) is 0 Å². The lowest BCUT2D eigenvalue weighted by Crippen LogP contribution is -2.24.